The summed E-state index contributed by atoms with van der Waals surface area (Å²) in [6.45, 7) is 2.96. The predicted octanol–water partition coefficient (Wildman–Crippen LogP) is -0.323. The molecule has 2 amide bonds. The number of nitrogens with one attached hydrogen (secondary N) is 3. The number of hydrogen-bond donors (Lipinski definition) is 3. The van der Waals surface area contributed by atoms with Crippen molar-refractivity contribution in [2.24, 2.45) is 5.92 Å². The Morgan fingerprint density at radius 3 is 2.53 bits per heavy atom. The third kappa shape index (κ3) is 8.80. The fourth-order valence-corrected chi connectivity index (χ4v) is 1.95. The summed E-state index contributed by atoms with van der Waals surface area (Å²) in [4.78, 5) is 22.9. The van der Waals surface area contributed by atoms with Gasteiger partial charge in [-0.1, -0.05) is 0 Å². The lowest BCUT2D eigenvalue weighted by Crippen LogP contribution is -2.39. The largest absolute Gasteiger partial charge is 0.383 e. The Morgan fingerprint density at radius 2 is 1.89 bits per heavy atom. The molecule has 1 aliphatic heterocycles. The van der Waals surface area contributed by atoms with Gasteiger partial charge in [-0.05, 0) is 31.8 Å². The summed E-state index contributed by atoms with van der Waals surface area (Å²) in [5.74, 6) is 0.234. The minimum atomic E-state index is -0.175. The van der Waals surface area contributed by atoms with E-state index in [4.69, 9.17) is 4.74 Å². The molecule has 0 aromatic heterocycles. The summed E-state index contributed by atoms with van der Waals surface area (Å²) < 4.78 is 4.81. The number of carbonyl (C=O) groups excluding carboxylic acids is 2. The van der Waals surface area contributed by atoms with Gasteiger partial charge in [-0.2, -0.15) is 0 Å². The molecule has 6 nitrogen and oxygen atoms in total. The van der Waals surface area contributed by atoms with Crippen LogP contribution in [0.2, 0.25) is 0 Å². The van der Waals surface area contributed by atoms with Crippen LogP contribution < -0.4 is 16.0 Å². The smallest absolute Gasteiger partial charge is 0.239 e. The van der Waals surface area contributed by atoms with Gasteiger partial charge in [-0.3, -0.25) is 9.59 Å². The molecule has 0 spiro atoms. The van der Waals surface area contributed by atoms with Crippen molar-refractivity contribution in [2.75, 3.05) is 39.9 Å². The van der Waals surface area contributed by atoms with E-state index >= 15 is 0 Å². The topological polar surface area (TPSA) is 79.5 Å². The number of methoxy groups -OCH3 is 1. The van der Waals surface area contributed by atoms with Gasteiger partial charge in [0.25, 0.3) is 0 Å². The molecule has 0 saturated carbocycles. The molecule has 0 aromatic carbocycles. The SMILES string of the molecule is COCCNC(=O)CNC(=O)CC1CCNCC1.Cl. The summed E-state index contributed by atoms with van der Waals surface area (Å²) in [7, 11) is 1.58. The molecule has 0 atom stereocenters. The van der Waals surface area contributed by atoms with Crippen molar-refractivity contribution < 1.29 is 14.3 Å². The van der Waals surface area contributed by atoms with Gasteiger partial charge in [0.15, 0.2) is 0 Å². The van der Waals surface area contributed by atoms with E-state index in [9.17, 15) is 9.59 Å². The lowest BCUT2D eigenvalue weighted by molar-refractivity contribution is -0.126. The molecule has 1 aliphatic rings. The standard InChI is InChI=1S/C12H23N3O3.ClH/c1-18-7-6-14-12(17)9-15-11(16)8-10-2-4-13-5-3-10;/h10,13H,2-9H2,1H3,(H,14,17)(H,15,16);1H. The van der Waals surface area contributed by atoms with Gasteiger partial charge in [0.05, 0.1) is 13.2 Å². The molecule has 0 aromatic rings. The Hall–Kier alpha value is -0.850. The first-order valence-electron chi connectivity index (χ1n) is 6.45. The van der Waals surface area contributed by atoms with Gasteiger partial charge in [0, 0.05) is 20.1 Å². The number of amides is 2. The van der Waals surface area contributed by atoms with Gasteiger partial charge in [-0.25, -0.2) is 0 Å². The third-order valence-corrected chi connectivity index (χ3v) is 3.01. The van der Waals surface area contributed by atoms with E-state index in [0.29, 0.717) is 25.5 Å². The summed E-state index contributed by atoms with van der Waals surface area (Å²) in [6.07, 6.45) is 2.59. The molecule has 0 bridgehead atoms. The molecule has 0 unspecified atom stereocenters. The third-order valence-electron chi connectivity index (χ3n) is 3.01. The van der Waals surface area contributed by atoms with Crippen molar-refractivity contribution in [2.45, 2.75) is 19.3 Å². The maximum absolute atomic E-state index is 11.6. The van der Waals surface area contributed by atoms with Crippen LogP contribution in [0.5, 0.6) is 0 Å². The monoisotopic (exact) mass is 293 g/mol. The van der Waals surface area contributed by atoms with Gasteiger partial charge >= 0.3 is 0 Å². The quantitative estimate of drug-likeness (QED) is 0.562. The molecule has 19 heavy (non-hydrogen) atoms. The van der Waals surface area contributed by atoms with Gasteiger partial charge < -0.3 is 20.7 Å². The Labute approximate surface area is 120 Å². The highest BCUT2D eigenvalue weighted by Crippen LogP contribution is 2.15. The molecule has 0 aliphatic carbocycles. The highest BCUT2D eigenvalue weighted by Gasteiger charge is 2.16. The van der Waals surface area contributed by atoms with Crippen molar-refractivity contribution >= 4 is 24.2 Å². The molecule has 1 saturated heterocycles. The number of rotatable bonds is 7. The first kappa shape index (κ1) is 18.1. The average molecular weight is 294 g/mol. The van der Waals surface area contributed by atoms with Crippen LogP contribution >= 0.6 is 12.4 Å². The minimum Gasteiger partial charge on any atom is -0.383 e. The molecule has 7 heteroatoms. The van der Waals surface area contributed by atoms with Crippen LogP contribution in [0.15, 0.2) is 0 Å². The van der Waals surface area contributed by atoms with E-state index in [0.717, 1.165) is 25.9 Å². The summed E-state index contributed by atoms with van der Waals surface area (Å²) in [6, 6.07) is 0. The normalized spacial score (nSPS) is 15.4. The van der Waals surface area contributed by atoms with Gasteiger partial charge in [0.1, 0.15) is 0 Å². The zero-order valence-electron chi connectivity index (χ0n) is 11.4. The van der Waals surface area contributed by atoms with E-state index in [-0.39, 0.29) is 30.8 Å². The molecule has 1 rings (SSSR count). The second-order valence-corrected chi connectivity index (χ2v) is 4.52. The molecular weight excluding hydrogens is 270 g/mol. The van der Waals surface area contributed by atoms with Gasteiger partial charge in [0.2, 0.25) is 11.8 Å². The zero-order chi connectivity index (χ0) is 13.2. The van der Waals surface area contributed by atoms with Crippen LogP contribution in [-0.2, 0) is 14.3 Å². The number of halogens is 1. The highest BCUT2D eigenvalue weighted by atomic mass is 35.5. The van der Waals surface area contributed by atoms with Crippen molar-refractivity contribution in [1.29, 1.82) is 0 Å². The van der Waals surface area contributed by atoms with Crippen LogP contribution in [0.1, 0.15) is 19.3 Å². The molecule has 1 heterocycles. The Morgan fingerprint density at radius 1 is 1.21 bits per heavy atom. The Kier molecular flexibility index (Phi) is 10.5. The van der Waals surface area contributed by atoms with E-state index in [2.05, 4.69) is 16.0 Å². The fourth-order valence-electron chi connectivity index (χ4n) is 1.95. The number of carbonyl (C=O) groups is 2. The summed E-state index contributed by atoms with van der Waals surface area (Å²) in [5.41, 5.74) is 0. The van der Waals surface area contributed by atoms with Crippen LogP contribution in [0, 0.1) is 5.92 Å². The van der Waals surface area contributed by atoms with Crippen LogP contribution in [0.3, 0.4) is 0 Å². The van der Waals surface area contributed by atoms with E-state index in [1.807, 2.05) is 0 Å². The van der Waals surface area contributed by atoms with Crippen molar-refractivity contribution in [3.05, 3.63) is 0 Å². The van der Waals surface area contributed by atoms with Gasteiger partial charge in [-0.15, -0.1) is 12.4 Å². The number of hydrogen-bond acceptors (Lipinski definition) is 4. The van der Waals surface area contributed by atoms with Crippen molar-refractivity contribution in [1.82, 2.24) is 16.0 Å². The average Bonchev–Trinajstić information content (AvgIpc) is 2.38. The maximum Gasteiger partial charge on any atom is 0.239 e. The van der Waals surface area contributed by atoms with Crippen molar-refractivity contribution in [3.8, 4) is 0 Å². The van der Waals surface area contributed by atoms with E-state index in [1.54, 1.807) is 7.11 Å². The lowest BCUT2D eigenvalue weighted by Gasteiger charge is -2.21. The minimum absolute atomic E-state index is 0. The van der Waals surface area contributed by atoms with E-state index in [1.165, 1.54) is 0 Å². The number of ether oxygens (including phenoxy) is 1. The van der Waals surface area contributed by atoms with Crippen LogP contribution in [-0.4, -0.2) is 51.7 Å². The molecular formula is C12H24ClN3O3. The highest BCUT2D eigenvalue weighted by molar-refractivity contribution is 5.85. The Balaban J connectivity index is 0.00000324. The Bertz CT molecular complexity index is 271. The summed E-state index contributed by atoms with van der Waals surface area (Å²) >= 11 is 0. The molecule has 3 N–H and O–H groups in total. The molecule has 112 valence electrons. The number of piperidine rings is 1. The predicted molar refractivity (Wildman–Crippen MR) is 75.4 cm³/mol. The lowest BCUT2D eigenvalue weighted by atomic mass is 9.94. The first-order chi connectivity index (χ1) is 8.72. The van der Waals surface area contributed by atoms with Crippen molar-refractivity contribution in [3.63, 3.8) is 0 Å². The molecule has 0 radical (unpaired) electrons. The van der Waals surface area contributed by atoms with Crippen LogP contribution in [0.4, 0.5) is 0 Å². The fraction of sp³-hybridized carbons (Fsp3) is 0.833. The zero-order valence-corrected chi connectivity index (χ0v) is 12.2. The second-order valence-electron chi connectivity index (χ2n) is 4.52. The first-order valence-corrected chi connectivity index (χ1v) is 6.45. The maximum atomic E-state index is 11.6. The second kappa shape index (κ2) is 11.0. The van der Waals surface area contributed by atoms with Crippen LogP contribution in [0.25, 0.3) is 0 Å². The van der Waals surface area contributed by atoms with E-state index < -0.39 is 0 Å². The summed E-state index contributed by atoms with van der Waals surface area (Å²) in [5, 5.41) is 8.56. The molecule has 1 fully saturated rings.